The number of hydrogen-bond donors (Lipinski definition) is 0. The smallest absolute Gasteiger partial charge is 0.325 e. The van der Waals surface area contributed by atoms with Crippen LogP contribution in [-0.4, -0.2) is 49.9 Å². The Bertz CT molecular complexity index is 583. The van der Waals surface area contributed by atoms with E-state index in [4.69, 9.17) is 4.74 Å². The van der Waals surface area contributed by atoms with Gasteiger partial charge in [-0.3, -0.25) is 4.79 Å². The average Bonchev–Trinajstić information content (AvgIpc) is 2.47. The molecule has 0 spiro atoms. The van der Waals surface area contributed by atoms with E-state index in [1.807, 2.05) is 6.92 Å². The molecule has 110 valence electrons. The van der Waals surface area contributed by atoms with E-state index in [9.17, 15) is 13.2 Å². The lowest BCUT2D eigenvalue weighted by molar-refractivity contribution is -0.144. The molecule has 0 bridgehead atoms. The maximum absolute atomic E-state index is 12.6. The van der Waals surface area contributed by atoms with Crippen molar-refractivity contribution in [2.75, 3.05) is 25.2 Å². The van der Waals surface area contributed by atoms with Crippen LogP contribution in [0.2, 0.25) is 0 Å². The lowest BCUT2D eigenvalue weighted by Crippen LogP contribution is -2.50. The van der Waals surface area contributed by atoms with Crippen LogP contribution in [-0.2, 0) is 19.6 Å². The Hall–Kier alpha value is -1.05. The molecule has 1 aliphatic rings. The molecule has 0 radical (unpaired) electrons. The first-order chi connectivity index (χ1) is 9.46. The van der Waals surface area contributed by atoms with Gasteiger partial charge >= 0.3 is 5.97 Å². The van der Waals surface area contributed by atoms with Crippen molar-refractivity contribution < 1.29 is 17.9 Å². The predicted octanol–water partition coefficient (Wildman–Crippen LogP) is 1.27. The summed E-state index contributed by atoms with van der Waals surface area (Å²) < 4.78 is 31.2. The Kier molecular flexibility index (Phi) is 4.72. The Morgan fingerprint density at radius 3 is 2.60 bits per heavy atom. The number of esters is 1. The van der Waals surface area contributed by atoms with Gasteiger partial charge in [0.2, 0.25) is 10.0 Å². The van der Waals surface area contributed by atoms with Gasteiger partial charge in [0.05, 0.1) is 12.0 Å². The van der Waals surface area contributed by atoms with Crippen molar-refractivity contribution in [3.8, 4) is 0 Å². The van der Waals surface area contributed by atoms with Gasteiger partial charge in [0.25, 0.3) is 0 Å². The molecule has 1 heterocycles. The first-order valence-electron chi connectivity index (χ1n) is 6.21. The second-order valence-electron chi connectivity index (χ2n) is 4.54. The molecule has 5 nitrogen and oxygen atoms in total. The van der Waals surface area contributed by atoms with Crippen LogP contribution in [0.3, 0.4) is 0 Å². The van der Waals surface area contributed by atoms with Crippen LogP contribution in [0, 0.1) is 6.92 Å². The molecule has 7 heteroatoms. The summed E-state index contributed by atoms with van der Waals surface area (Å²) >= 11 is 1.56. The van der Waals surface area contributed by atoms with Crippen LogP contribution in [0.5, 0.6) is 0 Å². The summed E-state index contributed by atoms with van der Waals surface area (Å²) in [6, 6.07) is 5.89. The first-order valence-corrected chi connectivity index (χ1v) is 8.80. The van der Waals surface area contributed by atoms with E-state index in [0.29, 0.717) is 18.1 Å². The maximum atomic E-state index is 12.6. The van der Waals surface area contributed by atoms with E-state index in [0.717, 1.165) is 5.56 Å². The fourth-order valence-corrected chi connectivity index (χ4v) is 4.86. The topological polar surface area (TPSA) is 63.7 Å². The molecule has 0 aliphatic carbocycles. The molecular formula is C13H17NO4S2. The summed E-state index contributed by atoms with van der Waals surface area (Å²) in [5.41, 5.74) is 0.989. The minimum absolute atomic E-state index is 0.212. The van der Waals surface area contributed by atoms with Crippen molar-refractivity contribution in [1.29, 1.82) is 0 Å². The molecule has 1 saturated heterocycles. The third-order valence-electron chi connectivity index (χ3n) is 3.18. The number of carbonyl (C=O) groups is 1. The number of rotatable bonds is 3. The van der Waals surface area contributed by atoms with Gasteiger partial charge in [-0.25, -0.2) is 8.42 Å². The van der Waals surface area contributed by atoms with Gasteiger partial charge in [0.1, 0.15) is 6.04 Å². The molecule has 0 aromatic heterocycles. The summed E-state index contributed by atoms with van der Waals surface area (Å²) in [7, 11) is -2.39. The normalized spacial score (nSPS) is 20.6. The number of benzene rings is 1. The Morgan fingerprint density at radius 2 is 2.00 bits per heavy atom. The van der Waals surface area contributed by atoms with Crippen LogP contribution in [0.25, 0.3) is 0 Å². The van der Waals surface area contributed by atoms with Gasteiger partial charge < -0.3 is 4.74 Å². The van der Waals surface area contributed by atoms with E-state index >= 15 is 0 Å². The van der Waals surface area contributed by atoms with Crippen molar-refractivity contribution >= 4 is 27.8 Å². The van der Waals surface area contributed by atoms with E-state index < -0.39 is 22.0 Å². The average molecular weight is 315 g/mol. The zero-order chi connectivity index (χ0) is 14.8. The molecule has 1 aliphatic heterocycles. The molecule has 0 saturated carbocycles. The summed E-state index contributed by atoms with van der Waals surface area (Å²) in [5.74, 6) is 0.601. The minimum Gasteiger partial charge on any atom is -0.468 e. The van der Waals surface area contributed by atoms with Crippen LogP contribution in [0.1, 0.15) is 5.56 Å². The van der Waals surface area contributed by atoms with Crippen molar-refractivity contribution in [2.45, 2.75) is 17.9 Å². The number of hydrogen-bond acceptors (Lipinski definition) is 5. The lowest BCUT2D eigenvalue weighted by atomic mass is 10.2. The molecule has 20 heavy (non-hydrogen) atoms. The van der Waals surface area contributed by atoms with E-state index in [1.54, 1.807) is 36.0 Å². The third-order valence-corrected chi connectivity index (χ3v) is 6.13. The number of nitrogens with zero attached hydrogens (tertiary/aromatic N) is 1. The number of sulfonamides is 1. The third kappa shape index (κ3) is 2.99. The Morgan fingerprint density at radius 1 is 1.35 bits per heavy atom. The molecule has 2 rings (SSSR count). The van der Waals surface area contributed by atoms with Crippen LogP contribution < -0.4 is 0 Å². The highest BCUT2D eigenvalue weighted by atomic mass is 32.2. The highest BCUT2D eigenvalue weighted by molar-refractivity contribution is 7.99. The second-order valence-corrected chi connectivity index (χ2v) is 7.58. The summed E-state index contributed by atoms with van der Waals surface area (Å²) in [4.78, 5) is 12.0. The van der Waals surface area contributed by atoms with Crippen LogP contribution >= 0.6 is 11.8 Å². The number of carbonyl (C=O) groups excluding carboxylic acids is 1. The number of methoxy groups -OCH3 is 1. The minimum atomic E-state index is -3.66. The van der Waals surface area contributed by atoms with Gasteiger partial charge in [0, 0.05) is 18.1 Å². The molecule has 0 N–H and O–H groups in total. The zero-order valence-corrected chi connectivity index (χ0v) is 13.0. The molecule has 1 atom stereocenters. The molecule has 1 aromatic rings. The van der Waals surface area contributed by atoms with Crippen molar-refractivity contribution in [3.05, 3.63) is 29.8 Å². The predicted molar refractivity (Wildman–Crippen MR) is 78.2 cm³/mol. The Balaban J connectivity index is 2.35. The van der Waals surface area contributed by atoms with E-state index in [2.05, 4.69) is 0 Å². The van der Waals surface area contributed by atoms with Crippen LogP contribution in [0.15, 0.2) is 29.2 Å². The molecule has 1 fully saturated rings. The summed E-state index contributed by atoms with van der Waals surface area (Å²) in [6.45, 7) is 2.21. The van der Waals surface area contributed by atoms with Crippen LogP contribution in [0.4, 0.5) is 0 Å². The quantitative estimate of drug-likeness (QED) is 0.786. The molecular weight excluding hydrogens is 298 g/mol. The molecule has 1 aromatic carbocycles. The van der Waals surface area contributed by atoms with Crippen molar-refractivity contribution in [2.24, 2.45) is 0 Å². The highest BCUT2D eigenvalue weighted by Crippen LogP contribution is 2.25. The van der Waals surface area contributed by atoms with Crippen molar-refractivity contribution in [1.82, 2.24) is 4.31 Å². The van der Waals surface area contributed by atoms with Crippen molar-refractivity contribution in [3.63, 3.8) is 0 Å². The largest absolute Gasteiger partial charge is 0.468 e. The van der Waals surface area contributed by atoms with Gasteiger partial charge in [-0.05, 0) is 19.1 Å². The molecule has 0 amide bonds. The molecule has 1 unspecified atom stereocenters. The standard InChI is InChI=1S/C13H17NO4S2/c1-10-3-5-11(6-4-10)20(16,17)14-7-8-19-9-12(14)13(15)18-2/h3-6,12H,7-9H2,1-2H3. The first kappa shape index (κ1) is 15.3. The van der Waals surface area contributed by atoms with Gasteiger partial charge in [-0.15, -0.1) is 0 Å². The number of ether oxygens (including phenoxy) is 1. The number of thioether (sulfide) groups is 1. The number of aryl methyl sites for hydroxylation is 1. The highest BCUT2D eigenvalue weighted by Gasteiger charge is 2.38. The van der Waals surface area contributed by atoms with E-state index in [-0.39, 0.29) is 4.90 Å². The maximum Gasteiger partial charge on any atom is 0.325 e. The van der Waals surface area contributed by atoms with Gasteiger partial charge in [0.15, 0.2) is 0 Å². The monoisotopic (exact) mass is 315 g/mol. The fraction of sp³-hybridized carbons (Fsp3) is 0.462. The Labute approximate surface area is 123 Å². The lowest BCUT2D eigenvalue weighted by Gasteiger charge is -2.32. The summed E-state index contributed by atoms with van der Waals surface area (Å²) in [6.07, 6.45) is 0. The fourth-order valence-electron chi connectivity index (χ4n) is 2.04. The van der Waals surface area contributed by atoms with E-state index in [1.165, 1.54) is 11.4 Å². The van der Waals surface area contributed by atoms with Gasteiger partial charge in [-0.1, -0.05) is 17.7 Å². The van der Waals surface area contributed by atoms with Gasteiger partial charge in [-0.2, -0.15) is 16.1 Å². The zero-order valence-electron chi connectivity index (χ0n) is 11.4. The second kappa shape index (κ2) is 6.15. The summed E-state index contributed by atoms with van der Waals surface area (Å²) in [5, 5.41) is 0. The SMILES string of the molecule is COC(=O)C1CSCCN1S(=O)(=O)c1ccc(C)cc1.